The van der Waals surface area contributed by atoms with Crippen molar-refractivity contribution in [1.29, 1.82) is 0 Å². The lowest BCUT2D eigenvalue weighted by atomic mass is 10.1. The molecule has 0 saturated heterocycles. The molecule has 0 radical (unpaired) electrons. The molecule has 2 N–H and O–H groups in total. The molecule has 0 bridgehead atoms. The summed E-state index contributed by atoms with van der Waals surface area (Å²) in [6, 6.07) is -0.148. The van der Waals surface area contributed by atoms with Gasteiger partial charge in [-0.2, -0.15) is 0 Å². The number of urea groups is 1. The molecule has 5 nitrogen and oxygen atoms in total. The van der Waals surface area contributed by atoms with Gasteiger partial charge in [0.05, 0.1) is 5.41 Å². The van der Waals surface area contributed by atoms with E-state index in [0.29, 0.717) is 25.9 Å². The molecular weight excluding hydrogens is 220 g/mol. The van der Waals surface area contributed by atoms with Crippen LogP contribution >= 0.6 is 0 Å². The molecule has 0 aromatic rings. The molecule has 1 heterocycles. The zero-order valence-corrected chi connectivity index (χ0v) is 10.0. The van der Waals surface area contributed by atoms with E-state index in [-0.39, 0.29) is 12.6 Å². The summed E-state index contributed by atoms with van der Waals surface area (Å²) in [4.78, 5) is 24.5. The van der Waals surface area contributed by atoms with E-state index in [4.69, 9.17) is 5.11 Å². The lowest BCUT2D eigenvalue weighted by Gasteiger charge is -2.27. The Morgan fingerprint density at radius 1 is 1.53 bits per heavy atom. The molecule has 17 heavy (non-hydrogen) atoms. The van der Waals surface area contributed by atoms with Crippen molar-refractivity contribution in [3.05, 3.63) is 11.6 Å². The minimum absolute atomic E-state index is 0.148. The fourth-order valence-corrected chi connectivity index (χ4v) is 2.06. The van der Waals surface area contributed by atoms with Crippen LogP contribution in [0, 0.1) is 5.41 Å². The number of nitrogens with one attached hydrogen (secondary N) is 1. The van der Waals surface area contributed by atoms with Gasteiger partial charge in [0.15, 0.2) is 0 Å². The average molecular weight is 238 g/mol. The highest BCUT2D eigenvalue weighted by Crippen LogP contribution is 2.45. The summed E-state index contributed by atoms with van der Waals surface area (Å²) in [5.41, 5.74) is 0.502. The van der Waals surface area contributed by atoms with Gasteiger partial charge in [0.2, 0.25) is 0 Å². The molecule has 0 aromatic heterocycles. The Morgan fingerprint density at radius 3 is 2.76 bits per heavy atom. The van der Waals surface area contributed by atoms with Gasteiger partial charge in [0.25, 0.3) is 0 Å². The molecule has 94 valence electrons. The van der Waals surface area contributed by atoms with Crippen molar-refractivity contribution < 1.29 is 14.7 Å². The van der Waals surface area contributed by atoms with Crippen LogP contribution in [0.1, 0.15) is 26.2 Å². The average Bonchev–Trinajstić information content (AvgIpc) is 3.07. The molecule has 1 saturated carbocycles. The Kier molecular flexibility index (Phi) is 3.09. The number of aliphatic carboxylic acids is 1. The monoisotopic (exact) mass is 238 g/mol. The van der Waals surface area contributed by atoms with Gasteiger partial charge in [-0.25, -0.2) is 4.79 Å². The molecule has 1 fully saturated rings. The van der Waals surface area contributed by atoms with Gasteiger partial charge in [0.1, 0.15) is 0 Å². The van der Waals surface area contributed by atoms with Crippen molar-refractivity contribution in [1.82, 2.24) is 10.2 Å². The van der Waals surface area contributed by atoms with Gasteiger partial charge in [-0.1, -0.05) is 11.6 Å². The molecule has 0 spiro atoms. The molecular formula is C12H18N2O3. The minimum Gasteiger partial charge on any atom is -0.481 e. The lowest BCUT2D eigenvalue weighted by Crippen LogP contribution is -2.45. The van der Waals surface area contributed by atoms with Crippen molar-refractivity contribution >= 4 is 12.0 Å². The van der Waals surface area contributed by atoms with Crippen molar-refractivity contribution in [3.8, 4) is 0 Å². The highest BCUT2D eigenvalue weighted by molar-refractivity contribution is 5.80. The van der Waals surface area contributed by atoms with Crippen molar-refractivity contribution in [2.24, 2.45) is 5.41 Å². The Labute approximate surface area is 100 Å². The number of amides is 2. The third-order valence-electron chi connectivity index (χ3n) is 3.50. The first-order valence-corrected chi connectivity index (χ1v) is 5.95. The second-order valence-corrected chi connectivity index (χ2v) is 5.00. The highest BCUT2D eigenvalue weighted by atomic mass is 16.4. The number of hydrogen-bond donors (Lipinski definition) is 2. The molecule has 5 heteroatoms. The van der Waals surface area contributed by atoms with Crippen molar-refractivity contribution in [2.75, 3.05) is 19.6 Å². The summed E-state index contributed by atoms with van der Waals surface area (Å²) in [6.45, 7) is 3.61. The van der Waals surface area contributed by atoms with Crippen molar-refractivity contribution in [2.45, 2.75) is 26.2 Å². The zero-order valence-electron chi connectivity index (χ0n) is 10.0. The van der Waals surface area contributed by atoms with Crippen LogP contribution in [0.3, 0.4) is 0 Å². The number of nitrogens with zero attached hydrogens (tertiary/aromatic N) is 1. The SMILES string of the molecule is CC1=CCCN(C(=O)NCC2(C(=O)O)CC2)C1. The summed E-state index contributed by atoms with van der Waals surface area (Å²) >= 11 is 0. The highest BCUT2D eigenvalue weighted by Gasteiger charge is 2.50. The smallest absolute Gasteiger partial charge is 0.317 e. The van der Waals surface area contributed by atoms with Gasteiger partial charge < -0.3 is 15.3 Å². The molecule has 2 aliphatic rings. The molecule has 0 unspecified atom stereocenters. The largest absolute Gasteiger partial charge is 0.481 e. The quantitative estimate of drug-likeness (QED) is 0.726. The van der Waals surface area contributed by atoms with Crippen LogP contribution in [0.15, 0.2) is 11.6 Å². The number of rotatable bonds is 3. The van der Waals surface area contributed by atoms with Crippen LogP contribution in [0.2, 0.25) is 0 Å². The summed E-state index contributed by atoms with van der Waals surface area (Å²) in [5, 5.41) is 11.7. The van der Waals surface area contributed by atoms with Crippen LogP contribution in [-0.2, 0) is 4.79 Å². The van der Waals surface area contributed by atoms with Gasteiger partial charge in [-0.15, -0.1) is 0 Å². The summed E-state index contributed by atoms with van der Waals surface area (Å²) < 4.78 is 0. The number of hydrogen-bond acceptors (Lipinski definition) is 2. The summed E-state index contributed by atoms with van der Waals surface area (Å²) in [5.74, 6) is -0.799. The van der Waals surface area contributed by atoms with E-state index in [2.05, 4.69) is 11.4 Å². The van der Waals surface area contributed by atoms with Gasteiger partial charge in [-0.05, 0) is 26.2 Å². The van der Waals surface area contributed by atoms with E-state index in [0.717, 1.165) is 6.42 Å². The van der Waals surface area contributed by atoms with Crippen LogP contribution in [0.4, 0.5) is 4.79 Å². The first kappa shape index (κ1) is 12.0. The van der Waals surface area contributed by atoms with E-state index >= 15 is 0 Å². The lowest BCUT2D eigenvalue weighted by molar-refractivity contribution is -0.143. The fourth-order valence-electron chi connectivity index (χ4n) is 2.06. The molecule has 0 atom stereocenters. The first-order chi connectivity index (χ1) is 8.03. The maximum absolute atomic E-state index is 11.8. The second-order valence-electron chi connectivity index (χ2n) is 5.00. The Balaban J connectivity index is 1.82. The van der Waals surface area contributed by atoms with Crippen LogP contribution < -0.4 is 5.32 Å². The van der Waals surface area contributed by atoms with Crippen LogP contribution in [-0.4, -0.2) is 41.6 Å². The standard InChI is InChI=1S/C12H18N2O3/c1-9-3-2-6-14(7-9)11(17)13-8-12(4-5-12)10(15)16/h3H,2,4-8H2,1H3,(H,13,17)(H,15,16). The van der Waals surface area contributed by atoms with Crippen molar-refractivity contribution in [3.63, 3.8) is 0 Å². The first-order valence-electron chi connectivity index (χ1n) is 5.95. The van der Waals surface area contributed by atoms with Gasteiger partial charge in [0, 0.05) is 19.6 Å². The molecule has 1 aliphatic carbocycles. The topological polar surface area (TPSA) is 69.6 Å². The third kappa shape index (κ3) is 2.60. The summed E-state index contributed by atoms with van der Waals surface area (Å²) in [7, 11) is 0. The third-order valence-corrected chi connectivity index (χ3v) is 3.50. The van der Waals surface area contributed by atoms with Crippen LogP contribution in [0.25, 0.3) is 0 Å². The molecule has 0 aromatic carbocycles. The Morgan fingerprint density at radius 2 is 2.24 bits per heavy atom. The Bertz CT molecular complexity index is 372. The Hall–Kier alpha value is -1.52. The van der Waals surface area contributed by atoms with Gasteiger partial charge in [-0.3, -0.25) is 4.79 Å². The molecule has 2 amide bonds. The van der Waals surface area contributed by atoms with E-state index in [1.807, 2.05) is 6.92 Å². The number of carboxylic acid groups (broad SMARTS) is 1. The predicted molar refractivity (Wildman–Crippen MR) is 62.6 cm³/mol. The normalized spacial score (nSPS) is 21.7. The summed E-state index contributed by atoms with van der Waals surface area (Å²) in [6.07, 6.45) is 4.34. The molecule has 2 rings (SSSR count). The maximum atomic E-state index is 11.8. The van der Waals surface area contributed by atoms with Gasteiger partial charge >= 0.3 is 12.0 Å². The van der Waals surface area contributed by atoms with E-state index in [9.17, 15) is 9.59 Å². The number of carbonyl (C=O) groups excluding carboxylic acids is 1. The molecule has 1 aliphatic heterocycles. The maximum Gasteiger partial charge on any atom is 0.317 e. The second kappa shape index (κ2) is 4.39. The van der Waals surface area contributed by atoms with E-state index in [1.165, 1.54) is 5.57 Å². The number of carbonyl (C=O) groups is 2. The van der Waals surface area contributed by atoms with E-state index in [1.54, 1.807) is 4.90 Å². The van der Waals surface area contributed by atoms with Crippen LogP contribution in [0.5, 0.6) is 0 Å². The fraction of sp³-hybridized carbons (Fsp3) is 0.667. The predicted octanol–water partition coefficient (Wildman–Crippen LogP) is 1.21. The zero-order chi connectivity index (χ0) is 12.5. The van der Waals surface area contributed by atoms with E-state index < -0.39 is 11.4 Å². The minimum atomic E-state index is -0.799. The number of carboxylic acids is 1.